The molecule has 0 bridgehead atoms. The highest BCUT2D eigenvalue weighted by Crippen LogP contribution is 2.40. The van der Waals surface area contributed by atoms with Crippen LogP contribution in [0.15, 0.2) is 48.5 Å². The molecule has 2 aliphatic rings. The quantitative estimate of drug-likeness (QED) is 0.712. The Hall–Kier alpha value is -2.37. The molecule has 1 aliphatic heterocycles. The zero-order valence-electron chi connectivity index (χ0n) is 16.8. The van der Waals surface area contributed by atoms with Crippen molar-refractivity contribution in [1.29, 1.82) is 0 Å². The van der Waals surface area contributed by atoms with E-state index < -0.39 is 0 Å². The Balaban J connectivity index is 1.39. The van der Waals surface area contributed by atoms with Gasteiger partial charge >= 0.3 is 0 Å². The predicted molar refractivity (Wildman–Crippen MR) is 114 cm³/mol. The number of hydrogen-bond donors (Lipinski definition) is 2. The van der Waals surface area contributed by atoms with Crippen LogP contribution in [0.25, 0.3) is 0 Å². The number of likely N-dealkylation sites (tertiary alicyclic amines) is 1. The zero-order valence-corrected chi connectivity index (χ0v) is 16.8. The summed E-state index contributed by atoms with van der Waals surface area (Å²) in [6, 6.07) is 16.1. The van der Waals surface area contributed by atoms with E-state index in [1.807, 2.05) is 30.3 Å². The molecule has 1 amide bonds. The molecule has 5 nitrogen and oxygen atoms in total. The lowest BCUT2D eigenvalue weighted by atomic mass is 10.00. The maximum atomic E-state index is 13.0. The summed E-state index contributed by atoms with van der Waals surface area (Å²) >= 11 is 0. The first kappa shape index (κ1) is 19.9. The van der Waals surface area contributed by atoms with Crippen LogP contribution in [0.3, 0.4) is 0 Å². The van der Waals surface area contributed by atoms with Gasteiger partial charge < -0.3 is 15.2 Å². The number of amides is 1. The molecule has 1 heterocycles. The molecule has 4 rings (SSSR count). The Morgan fingerprint density at radius 1 is 1.10 bits per heavy atom. The van der Waals surface area contributed by atoms with Gasteiger partial charge in [0, 0.05) is 12.2 Å². The van der Waals surface area contributed by atoms with Gasteiger partial charge in [0.05, 0.1) is 12.6 Å². The average Bonchev–Trinajstić information content (AvgIpc) is 3.59. The lowest BCUT2D eigenvalue weighted by Crippen LogP contribution is -2.46. The maximum absolute atomic E-state index is 13.0. The molecule has 1 atom stereocenters. The van der Waals surface area contributed by atoms with Crippen LogP contribution in [-0.4, -0.2) is 41.7 Å². The summed E-state index contributed by atoms with van der Waals surface area (Å²) in [6.07, 6.45) is 5.64. The molecule has 2 aromatic carbocycles. The molecule has 29 heavy (non-hydrogen) atoms. The first-order valence-electron chi connectivity index (χ1n) is 10.7. The van der Waals surface area contributed by atoms with E-state index in [1.54, 1.807) is 0 Å². The molecule has 0 spiro atoms. The van der Waals surface area contributed by atoms with E-state index in [1.165, 1.54) is 18.4 Å². The number of hydrogen-bond acceptors (Lipinski definition) is 4. The molecule has 2 N–H and O–H groups in total. The van der Waals surface area contributed by atoms with E-state index in [4.69, 9.17) is 9.84 Å². The number of aliphatic hydroxyl groups is 1. The summed E-state index contributed by atoms with van der Waals surface area (Å²) in [6.45, 7) is 1.92. The van der Waals surface area contributed by atoms with Crippen molar-refractivity contribution in [2.45, 2.75) is 50.6 Å². The Bertz CT molecular complexity index is 817. The van der Waals surface area contributed by atoms with Gasteiger partial charge in [0.25, 0.3) is 0 Å². The van der Waals surface area contributed by atoms with E-state index in [9.17, 15) is 4.79 Å². The van der Waals surface area contributed by atoms with E-state index >= 15 is 0 Å². The number of carbonyl (C=O) groups excluding carboxylic acids is 1. The van der Waals surface area contributed by atoms with Gasteiger partial charge in [-0.15, -0.1) is 0 Å². The van der Waals surface area contributed by atoms with Gasteiger partial charge in [0.2, 0.25) is 5.91 Å². The van der Waals surface area contributed by atoms with Crippen molar-refractivity contribution in [3.05, 3.63) is 59.7 Å². The minimum atomic E-state index is -0.117. The minimum Gasteiger partial charge on any atom is -0.491 e. The fourth-order valence-electron chi connectivity index (χ4n) is 4.09. The van der Waals surface area contributed by atoms with Crippen LogP contribution in [0, 0.1) is 0 Å². The predicted octanol–water partition coefficient (Wildman–Crippen LogP) is 3.93. The number of benzene rings is 2. The molecular weight excluding hydrogens is 364 g/mol. The summed E-state index contributed by atoms with van der Waals surface area (Å²) in [5.74, 6) is 1.56. The van der Waals surface area contributed by atoms with Crippen molar-refractivity contribution in [1.82, 2.24) is 4.90 Å². The van der Waals surface area contributed by atoms with Gasteiger partial charge in [0.1, 0.15) is 12.4 Å². The monoisotopic (exact) mass is 394 g/mol. The number of nitrogens with one attached hydrogen (secondary N) is 1. The number of aliphatic hydroxyl groups excluding tert-OH is 1. The SMILES string of the molecule is O=C(Nc1ccc(C2CC2)cc1)C1CCCCN1Cc1cccc(OCCO)c1. The number of anilines is 1. The van der Waals surface area contributed by atoms with Gasteiger partial charge in [-0.2, -0.15) is 0 Å². The fraction of sp³-hybridized carbons (Fsp3) is 0.458. The van der Waals surface area contributed by atoms with Crippen molar-refractivity contribution in [2.75, 3.05) is 25.1 Å². The van der Waals surface area contributed by atoms with Gasteiger partial charge in [-0.3, -0.25) is 9.69 Å². The van der Waals surface area contributed by atoms with Crippen LogP contribution in [-0.2, 0) is 11.3 Å². The molecule has 2 aromatic rings. The molecule has 2 fully saturated rings. The van der Waals surface area contributed by atoms with Crippen LogP contribution in [0.4, 0.5) is 5.69 Å². The van der Waals surface area contributed by atoms with Crippen molar-refractivity contribution >= 4 is 11.6 Å². The number of nitrogens with zero attached hydrogens (tertiary/aromatic N) is 1. The standard InChI is InChI=1S/C24H30N2O3/c27-14-15-29-22-5-3-4-18(16-22)17-26-13-2-1-6-23(26)24(28)25-21-11-9-20(10-12-21)19-7-8-19/h3-5,9-12,16,19,23,27H,1-2,6-8,13-15,17H2,(H,25,28). The Labute approximate surface area is 172 Å². The van der Waals surface area contributed by atoms with E-state index in [0.29, 0.717) is 0 Å². The fourth-order valence-corrected chi connectivity index (χ4v) is 4.09. The highest BCUT2D eigenvalue weighted by Gasteiger charge is 2.29. The molecule has 154 valence electrons. The summed E-state index contributed by atoms with van der Waals surface area (Å²) in [7, 11) is 0. The first-order chi connectivity index (χ1) is 14.2. The van der Waals surface area contributed by atoms with Crippen molar-refractivity contribution in [3.8, 4) is 5.75 Å². The van der Waals surface area contributed by atoms with Crippen LogP contribution >= 0.6 is 0 Å². The average molecular weight is 395 g/mol. The molecular formula is C24H30N2O3. The number of ether oxygens (including phenoxy) is 1. The Kier molecular flexibility index (Phi) is 6.47. The summed E-state index contributed by atoms with van der Waals surface area (Å²) in [5, 5.41) is 12.1. The molecule has 1 aliphatic carbocycles. The number of piperidine rings is 1. The summed E-state index contributed by atoms with van der Waals surface area (Å²) < 4.78 is 5.52. The van der Waals surface area contributed by atoms with Crippen LogP contribution < -0.4 is 10.1 Å². The molecule has 0 aromatic heterocycles. The minimum absolute atomic E-state index is 0.000232. The molecule has 5 heteroatoms. The second-order valence-corrected chi connectivity index (χ2v) is 8.09. The van der Waals surface area contributed by atoms with E-state index in [0.717, 1.165) is 55.3 Å². The van der Waals surface area contributed by atoms with E-state index in [2.05, 4.69) is 28.4 Å². The van der Waals surface area contributed by atoms with E-state index in [-0.39, 0.29) is 25.2 Å². The van der Waals surface area contributed by atoms with Gasteiger partial charge in [-0.25, -0.2) is 0 Å². The Morgan fingerprint density at radius 3 is 2.69 bits per heavy atom. The number of carbonyl (C=O) groups is 1. The largest absolute Gasteiger partial charge is 0.491 e. The third-order valence-electron chi connectivity index (χ3n) is 5.79. The van der Waals surface area contributed by atoms with Crippen molar-refractivity contribution < 1.29 is 14.6 Å². The smallest absolute Gasteiger partial charge is 0.241 e. The molecule has 1 unspecified atom stereocenters. The van der Waals surface area contributed by atoms with Gasteiger partial charge in [-0.05, 0) is 73.5 Å². The lowest BCUT2D eigenvalue weighted by Gasteiger charge is -2.34. The molecule has 0 radical (unpaired) electrons. The second-order valence-electron chi connectivity index (χ2n) is 8.09. The van der Waals surface area contributed by atoms with Crippen LogP contribution in [0.1, 0.15) is 49.1 Å². The lowest BCUT2D eigenvalue weighted by molar-refractivity contribution is -0.122. The normalized spacial score (nSPS) is 19.7. The van der Waals surface area contributed by atoms with Crippen LogP contribution in [0.2, 0.25) is 0 Å². The highest BCUT2D eigenvalue weighted by molar-refractivity contribution is 5.94. The van der Waals surface area contributed by atoms with Gasteiger partial charge in [-0.1, -0.05) is 30.7 Å². The van der Waals surface area contributed by atoms with Gasteiger partial charge in [0.15, 0.2) is 0 Å². The summed E-state index contributed by atoms with van der Waals surface area (Å²) in [4.78, 5) is 15.3. The maximum Gasteiger partial charge on any atom is 0.241 e. The third kappa shape index (κ3) is 5.37. The highest BCUT2D eigenvalue weighted by atomic mass is 16.5. The Morgan fingerprint density at radius 2 is 1.93 bits per heavy atom. The summed E-state index contributed by atoms with van der Waals surface area (Å²) in [5.41, 5.74) is 3.38. The zero-order chi connectivity index (χ0) is 20.1. The topological polar surface area (TPSA) is 61.8 Å². The second kappa shape index (κ2) is 9.42. The third-order valence-corrected chi connectivity index (χ3v) is 5.79. The molecule has 1 saturated heterocycles. The van der Waals surface area contributed by atoms with Crippen molar-refractivity contribution in [3.63, 3.8) is 0 Å². The van der Waals surface area contributed by atoms with Crippen molar-refractivity contribution in [2.24, 2.45) is 0 Å². The molecule has 1 saturated carbocycles. The number of rotatable bonds is 8. The first-order valence-corrected chi connectivity index (χ1v) is 10.7. The van der Waals surface area contributed by atoms with Crippen LogP contribution in [0.5, 0.6) is 5.75 Å².